The molecule has 0 fully saturated rings. The minimum atomic E-state index is -0.463. The van der Waals surface area contributed by atoms with Gasteiger partial charge in [-0.2, -0.15) is 0 Å². The Labute approximate surface area is 105 Å². The van der Waals surface area contributed by atoms with E-state index in [1.807, 2.05) is 24.3 Å². The van der Waals surface area contributed by atoms with Gasteiger partial charge in [-0.1, -0.05) is 6.07 Å². The van der Waals surface area contributed by atoms with Crippen molar-refractivity contribution in [2.24, 2.45) is 0 Å². The van der Waals surface area contributed by atoms with Gasteiger partial charge in [0.2, 0.25) is 0 Å². The molecule has 2 rings (SSSR count). The minimum Gasteiger partial charge on any atom is -0.467 e. The van der Waals surface area contributed by atoms with Crippen LogP contribution in [0.4, 0.5) is 11.5 Å². The van der Waals surface area contributed by atoms with Crippen molar-refractivity contribution >= 4 is 28.2 Å². The number of benzene rings is 1. The van der Waals surface area contributed by atoms with Crippen LogP contribution in [0.15, 0.2) is 30.5 Å². The van der Waals surface area contributed by atoms with Gasteiger partial charge in [0.05, 0.1) is 7.11 Å². The summed E-state index contributed by atoms with van der Waals surface area (Å²) in [6.07, 6.45) is 1.69. The normalized spacial score (nSPS) is 12.1. The van der Waals surface area contributed by atoms with E-state index >= 15 is 0 Å². The number of carbonyl (C=O) groups is 1. The zero-order valence-corrected chi connectivity index (χ0v) is 10.3. The number of rotatable bonds is 3. The topological polar surface area (TPSA) is 77.2 Å². The highest BCUT2D eigenvalue weighted by molar-refractivity contribution is 5.95. The van der Waals surface area contributed by atoms with Crippen molar-refractivity contribution in [3.63, 3.8) is 0 Å². The number of carbonyl (C=O) groups excluding carboxylic acids is 1. The summed E-state index contributed by atoms with van der Waals surface area (Å²) in [5, 5.41) is 4.92. The Morgan fingerprint density at radius 3 is 2.94 bits per heavy atom. The van der Waals surface area contributed by atoms with Crippen molar-refractivity contribution < 1.29 is 9.53 Å². The maximum atomic E-state index is 11.4. The molecule has 1 aromatic carbocycles. The zero-order valence-electron chi connectivity index (χ0n) is 10.3. The van der Waals surface area contributed by atoms with E-state index in [1.165, 1.54) is 7.11 Å². The highest BCUT2D eigenvalue weighted by Gasteiger charge is 2.14. The zero-order chi connectivity index (χ0) is 13.1. The van der Waals surface area contributed by atoms with Gasteiger partial charge in [-0.3, -0.25) is 0 Å². The highest BCUT2D eigenvalue weighted by Crippen LogP contribution is 2.23. The molecule has 0 spiro atoms. The first-order valence-electron chi connectivity index (χ1n) is 5.60. The Balaban J connectivity index is 2.38. The van der Waals surface area contributed by atoms with E-state index < -0.39 is 6.04 Å². The van der Waals surface area contributed by atoms with Crippen LogP contribution in [-0.4, -0.2) is 24.1 Å². The first-order valence-corrected chi connectivity index (χ1v) is 5.60. The molecule has 3 N–H and O–H groups in total. The Bertz CT molecular complexity index is 583. The van der Waals surface area contributed by atoms with E-state index in [-0.39, 0.29) is 5.97 Å². The lowest BCUT2D eigenvalue weighted by molar-refractivity contribution is -0.141. The smallest absolute Gasteiger partial charge is 0.328 e. The summed E-state index contributed by atoms with van der Waals surface area (Å²) in [5.74, 6) is 0.287. The minimum absolute atomic E-state index is 0.335. The number of hydrogen-bond acceptors (Lipinski definition) is 5. The summed E-state index contributed by atoms with van der Waals surface area (Å²) in [7, 11) is 1.36. The summed E-state index contributed by atoms with van der Waals surface area (Å²) in [4.78, 5) is 15.6. The fourth-order valence-corrected chi connectivity index (χ4v) is 1.74. The number of nitrogen functional groups attached to an aromatic ring is 1. The Hall–Kier alpha value is -2.30. The SMILES string of the molecule is COC(=O)C(C)Nc1nccc2ccc(N)cc12. The van der Waals surface area contributed by atoms with E-state index in [4.69, 9.17) is 5.73 Å². The molecule has 94 valence electrons. The maximum Gasteiger partial charge on any atom is 0.328 e. The van der Waals surface area contributed by atoms with Crippen LogP contribution in [0.3, 0.4) is 0 Å². The van der Waals surface area contributed by atoms with E-state index in [0.717, 1.165) is 10.8 Å². The van der Waals surface area contributed by atoms with E-state index in [2.05, 4.69) is 15.0 Å². The molecule has 2 aromatic rings. The molecule has 1 heterocycles. The quantitative estimate of drug-likeness (QED) is 0.636. The van der Waals surface area contributed by atoms with Gasteiger partial charge in [0.25, 0.3) is 0 Å². The van der Waals surface area contributed by atoms with E-state index in [9.17, 15) is 4.79 Å². The molecule has 18 heavy (non-hydrogen) atoms. The molecule has 1 aromatic heterocycles. The number of ether oxygens (including phenoxy) is 1. The van der Waals surface area contributed by atoms with Crippen molar-refractivity contribution in [3.05, 3.63) is 30.5 Å². The summed E-state index contributed by atoms with van der Waals surface area (Å²) in [5.41, 5.74) is 6.42. The number of nitrogens with one attached hydrogen (secondary N) is 1. The fourth-order valence-electron chi connectivity index (χ4n) is 1.74. The second kappa shape index (κ2) is 4.91. The van der Waals surface area contributed by atoms with Crippen molar-refractivity contribution in [1.82, 2.24) is 4.98 Å². The van der Waals surface area contributed by atoms with Gasteiger partial charge in [-0.25, -0.2) is 9.78 Å². The second-order valence-corrected chi connectivity index (χ2v) is 4.03. The van der Waals surface area contributed by atoms with Gasteiger partial charge in [0, 0.05) is 17.3 Å². The molecule has 0 aliphatic carbocycles. The molecule has 5 nitrogen and oxygen atoms in total. The number of hydrogen-bond donors (Lipinski definition) is 2. The van der Waals surface area contributed by atoms with Gasteiger partial charge in [-0.15, -0.1) is 0 Å². The lowest BCUT2D eigenvalue weighted by Gasteiger charge is -2.14. The molecular formula is C13H15N3O2. The predicted molar refractivity (Wildman–Crippen MR) is 71.3 cm³/mol. The molecule has 1 unspecified atom stereocenters. The maximum absolute atomic E-state index is 11.4. The van der Waals surface area contributed by atoms with E-state index in [1.54, 1.807) is 13.1 Å². The second-order valence-electron chi connectivity index (χ2n) is 4.03. The van der Waals surface area contributed by atoms with Gasteiger partial charge < -0.3 is 15.8 Å². The van der Waals surface area contributed by atoms with Gasteiger partial charge in [-0.05, 0) is 30.5 Å². The fraction of sp³-hybridized carbons (Fsp3) is 0.231. The molecule has 5 heteroatoms. The lowest BCUT2D eigenvalue weighted by atomic mass is 10.1. The first kappa shape index (κ1) is 12.2. The van der Waals surface area contributed by atoms with Crippen molar-refractivity contribution in [1.29, 1.82) is 0 Å². The summed E-state index contributed by atoms with van der Waals surface area (Å²) in [6.45, 7) is 1.72. The average molecular weight is 245 g/mol. The molecule has 0 aliphatic heterocycles. The Morgan fingerprint density at radius 2 is 2.22 bits per heavy atom. The number of nitrogens with two attached hydrogens (primary N) is 1. The number of anilines is 2. The number of pyridine rings is 1. The summed E-state index contributed by atoms with van der Waals surface area (Å²) >= 11 is 0. The standard InChI is InChI=1S/C13H15N3O2/c1-8(13(17)18-2)16-12-11-7-10(14)4-3-9(11)5-6-15-12/h3-8H,14H2,1-2H3,(H,15,16). The van der Waals surface area contributed by atoms with E-state index in [0.29, 0.717) is 11.5 Å². The van der Waals surface area contributed by atoms with Crippen LogP contribution < -0.4 is 11.1 Å². The van der Waals surface area contributed by atoms with Crippen LogP contribution in [0.1, 0.15) is 6.92 Å². The van der Waals surface area contributed by atoms with Crippen LogP contribution >= 0.6 is 0 Å². The molecule has 0 bridgehead atoms. The van der Waals surface area contributed by atoms with Crippen LogP contribution in [0.25, 0.3) is 10.8 Å². The number of aromatic nitrogens is 1. The summed E-state index contributed by atoms with van der Waals surface area (Å²) in [6, 6.07) is 7.00. The van der Waals surface area contributed by atoms with Crippen LogP contribution in [-0.2, 0) is 9.53 Å². The number of methoxy groups -OCH3 is 1. The van der Waals surface area contributed by atoms with Crippen LogP contribution in [0.2, 0.25) is 0 Å². The third-order valence-corrected chi connectivity index (χ3v) is 2.70. The van der Waals surface area contributed by atoms with Crippen molar-refractivity contribution in [2.45, 2.75) is 13.0 Å². The average Bonchev–Trinajstić information content (AvgIpc) is 2.38. The molecule has 1 atom stereocenters. The lowest BCUT2D eigenvalue weighted by Crippen LogP contribution is -2.27. The van der Waals surface area contributed by atoms with Gasteiger partial charge >= 0.3 is 5.97 Å². The monoisotopic (exact) mass is 245 g/mol. The number of nitrogens with zero attached hydrogens (tertiary/aromatic N) is 1. The third-order valence-electron chi connectivity index (χ3n) is 2.70. The molecule has 0 saturated carbocycles. The molecule has 0 radical (unpaired) electrons. The van der Waals surface area contributed by atoms with Gasteiger partial charge in [0.15, 0.2) is 0 Å². The Morgan fingerprint density at radius 1 is 1.44 bits per heavy atom. The molecular weight excluding hydrogens is 230 g/mol. The molecule has 0 aliphatic rings. The van der Waals surface area contributed by atoms with Crippen LogP contribution in [0, 0.1) is 0 Å². The first-order chi connectivity index (χ1) is 8.61. The largest absolute Gasteiger partial charge is 0.467 e. The van der Waals surface area contributed by atoms with Crippen molar-refractivity contribution in [3.8, 4) is 0 Å². The molecule has 0 saturated heterocycles. The van der Waals surface area contributed by atoms with Crippen LogP contribution in [0.5, 0.6) is 0 Å². The van der Waals surface area contributed by atoms with Gasteiger partial charge in [0.1, 0.15) is 11.9 Å². The number of esters is 1. The summed E-state index contributed by atoms with van der Waals surface area (Å²) < 4.78 is 4.67. The number of fused-ring (bicyclic) bond motifs is 1. The molecule has 0 amide bonds. The van der Waals surface area contributed by atoms with Crippen molar-refractivity contribution in [2.75, 3.05) is 18.2 Å². The highest BCUT2D eigenvalue weighted by atomic mass is 16.5. The Kier molecular flexibility index (Phi) is 3.32. The third kappa shape index (κ3) is 2.34. The predicted octanol–water partition coefficient (Wildman–Crippen LogP) is 1.79.